The van der Waals surface area contributed by atoms with E-state index >= 15 is 0 Å². The molecule has 1 unspecified atom stereocenters. The zero-order valence-corrected chi connectivity index (χ0v) is 15.5. The maximum Gasteiger partial charge on any atom is 0.253 e. The summed E-state index contributed by atoms with van der Waals surface area (Å²) in [4.78, 5) is 21.4. The first-order valence-corrected chi connectivity index (χ1v) is 9.49. The first-order chi connectivity index (χ1) is 12.6. The van der Waals surface area contributed by atoms with Crippen LogP contribution in [0.3, 0.4) is 0 Å². The van der Waals surface area contributed by atoms with Crippen LogP contribution < -0.4 is 4.90 Å². The zero-order chi connectivity index (χ0) is 18.1. The van der Waals surface area contributed by atoms with Crippen molar-refractivity contribution in [2.24, 2.45) is 5.92 Å². The Balaban J connectivity index is 1.38. The van der Waals surface area contributed by atoms with E-state index in [0.29, 0.717) is 11.8 Å². The van der Waals surface area contributed by atoms with E-state index in [9.17, 15) is 4.79 Å². The van der Waals surface area contributed by atoms with E-state index in [1.54, 1.807) is 0 Å². The van der Waals surface area contributed by atoms with Crippen molar-refractivity contribution in [3.63, 3.8) is 0 Å². The third-order valence-corrected chi connectivity index (χ3v) is 5.33. The zero-order valence-electron chi connectivity index (χ0n) is 15.5. The maximum atomic E-state index is 12.8. The predicted molar refractivity (Wildman–Crippen MR) is 99.4 cm³/mol. The van der Waals surface area contributed by atoms with Crippen LogP contribution in [-0.4, -0.2) is 48.1 Å². The van der Waals surface area contributed by atoms with Crippen molar-refractivity contribution in [2.45, 2.75) is 38.0 Å². The number of anilines is 1. The maximum absolute atomic E-state index is 12.8. The van der Waals surface area contributed by atoms with Gasteiger partial charge in [0.2, 0.25) is 5.89 Å². The molecule has 2 fully saturated rings. The number of likely N-dealkylation sites (tertiary alicyclic amines) is 1. The largest absolute Gasteiger partial charge is 0.378 e. The minimum Gasteiger partial charge on any atom is -0.378 e. The molecule has 1 saturated heterocycles. The van der Waals surface area contributed by atoms with Gasteiger partial charge in [-0.05, 0) is 55.9 Å². The summed E-state index contributed by atoms with van der Waals surface area (Å²) in [6.07, 6.45) is 5.25. The number of benzene rings is 1. The Morgan fingerprint density at radius 3 is 2.69 bits per heavy atom. The number of carbonyl (C=O) groups excluding carboxylic acids is 1. The first kappa shape index (κ1) is 17.1. The second kappa shape index (κ2) is 7.09. The van der Waals surface area contributed by atoms with Crippen molar-refractivity contribution in [1.82, 2.24) is 15.0 Å². The van der Waals surface area contributed by atoms with Crippen LogP contribution in [0.15, 0.2) is 28.8 Å². The van der Waals surface area contributed by atoms with Gasteiger partial charge in [0.1, 0.15) is 0 Å². The highest BCUT2D eigenvalue weighted by Gasteiger charge is 2.30. The molecule has 2 aromatic rings. The van der Waals surface area contributed by atoms with Gasteiger partial charge < -0.3 is 14.3 Å². The predicted octanol–water partition coefficient (Wildman–Crippen LogP) is 3.11. The van der Waals surface area contributed by atoms with Gasteiger partial charge in [0.15, 0.2) is 5.82 Å². The average molecular weight is 354 g/mol. The lowest BCUT2D eigenvalue weighted by molar-refractivity contribution is 0.0668. The van der Waals surface area contributed by atoms with E-state index in [1.165, 1.54) is 12.8 Å². The topological polar surface area (TPSA) is 62.5 Å². The third-order valence-electron chi connectivity index (χ3n) is 5.33. The number of hydrogen-bond acceptors (Lipinski definition) is 5. The van der Waals surface area contributed by atoms with Gasteiger partial charge in [-0.15, -0.1) is 0 Å². The minimum absolute atomic E-state index is 0.115. The molecule has 1 atom stereocenters. The molecule has 1 amide bonds. The summed E-state index contributed by atoms with van der Waals surface area (Å²) in [6.45, 7) is 1.58. The van der Waals surface area contributed by atoms with Crippen molar-refractivity contribution in [3.8, 4) is 0 Å². The number of piperidine rings is 1. The summed E-state index contributed by atoms with van der Waals surface area (Å²) in [5.41, 5.74) is 1.85. The molecule has 0 bridgehead atoms. The second-order valence-corrected chi connectivity index (χ2v) is 7.73. The molecule has 0 spiro atoms. The molecule has 0 N–H and O–H groups in total. The molecule has 2 heterocycles. The third kappa shape index (κ3) is 3.74. The van der Waals surface area contributed by atoms with Gasteiger partial charge in [0.25, 0.3) is 5.91 Å². The Morgan fingerprint density at radius 2 is 2.00 bits per heavy atom. The molecule has 6 heteroatoms. The normalized spacial score (nSPS) is 20.2. The van der Waals surface area contributed by atoms with Crippen LogP contribution in [0.4, 0.5) is 5.69 Å². The van der Waals surface area contributed by atoms with Gasteiger partial charge in [-0.3, -0.25) is 4.79 Å². The Hall–Kier alpha value is -2.37. The summed E-state index contributed by atoms with van der Waals surface area (Å²) in [7, 11) is 4.00. The summed E-state index contributed by atoms with van der Waals surface area (Å²) >= 11 is 0. The van der Waals surface area contributed by atoms with Gasteiger partial charge in [-0.25, -0.2) is 0 Å². The minimum atomic E-state index is 0.115. The second-order valence-electron chi connectivity index (χ2n) is 7.73. The molecule has 1 aliphatic heterocycles. The SMILES string of the molecule is CN(C)c1ccc(C(=O)N2CCCC(Cc3nc(C4CC4)no3)C2)cc1. The Bertz CT molecular complexity index is 764. The van der Waals surface area contributed by atoms with Gasteiger partial charge in [0, 0.05) is 50.8 Å². The van der Waals surface area contributed by atoms with Crippen LogP contribution in [0, 0.1) is 5.92 Å². The van der Waals surface area contributed by atoms with Crippen molar-refractivity contribution in [3.05, 3.63) is 41.5 Å². The smallest absolute Gasteiger partial charge is 0.253 e. The van der Waals surface area contributed by atoms with Crippen LogP contribution in [0.2, 0.25) is 0 Å². The van der Waals surface area contributed by atoms with Gasteiger partial charge >= 0.3 is 0 Å². The van der Waals surface area contributed by atoms with Gasteiger partial charge in [-0.2, -0.15) is 4.98 Å². The van der Waals surface area contributed by atoms with E-state index in [2.05, 4.69) is 10.1 Å². The monoisotopic (exact) mass is 354 g/mol. The summed E-state index contributed by atoms with van der Waals surface area (Å²) in [6, 6.07) is 7.82. The van der Waals surface area contributed by atoms with Crippen molar-refractivity contribution >= 4 is 11.6 Å². The fourth-order valence-electron chi connectivity index (χ4n) is 3.61. The Labute approximate surface area is 154 Å². The number of carbonyl (C=O) groups is 1. The standard InChI is InChI=1S/C20H26N4O2/c1-23(2)17-9-7-16(8-10-17)20(25)24-11-3-4-14(13-24)12-18-21-19(22-26-18)15-5-6-15/h7-10,14-15H,3-6,11-13H2,1-2H3. The number of rotatable bonds is 5. The highest BCUT2D eigenvalue weighted by molar-refractivity contribution is 5.94. The lowest BCUT2D eigenvalue weighted by atomic mass is 9.94. The van der Waals surface area contributed by atoms with Gasteiger partial charge in [0.05, 0.1) is 0 Å². The van der Waals surface area contributed by atoms with Crippen molar-refractivity contribution in [2.75, 3.05) is 32.1 Å². The van der Waals surface area contributed by atoms with E-state index in [1.807, 2.05) is 48.2 Å². The summed E-state index contributed by atoms with van der Waals surface area (Å²) < 4.78 is 5.42. The molecule has 0 radical (unpaired) electrons. The van der Waals surface area contributed by atoms with E-state index in [0.717, 1.165) is 55.3 Å². The van der Waals surface area contributed by atoms with Crippen molar-refractivity contribution in [1.29, 1.82) is 0 Å². The molecule has 1 aromatic heterocycles. The molecular weight excluding hydrogens is 328 g/mol. The quantitative estimate of drug-likeness (QED) is 0.826. The molecule has 26 heavy (non-hydrogen) atoms. The average Bonchev–Trinajstić information content (AvgIpc) is 3.41. The van der Waals surface area contributed by atoms with E-state index in [4.69, 9.17) is 4.52 Å². The Morgan fingerprint density at radius 1 is 1.23 bits per heavy atom. The first-order valence-electron chi connectivity index (χ1n) is 9.49. The summed E-state index contributed by atoms with van der Waals surface area (Å²) in [5.74, 6) is 2.61. The number of nitrogens with zero attached hydrogens (tertiary/aromatic N) is 4. The molecule has 1 aromatic carbocycles. The molecule has 6 nitrogen and oxygen atoms in total. The highest BCUT2D eigenvalue weighted by atomic mass is 16.5. The van der Waals surface area contributed by atoms with Crippen LogP contribution >= 0.6 is 0 Å². The van der Waals surface area contributed by atoms with Crippen LogP contribution in [0.1, 0.15) is 53.7 Å². The summed E-state index contributed by atoms with van der Waals surface area (Å²) in [5, 5.41) is 4.10. The molecule has 2 aliphatic rings. The lowest BCUT2D eigenvalue weighted by Crippen LogP contribution is -2.40. The Kier molecular flexibility index (Phi) is 4.66. The number of aromatic nitrogens is 2. The van der Waals surface area contributed by atoms with Crippen LogP contribution in [-0.2, 0) is 6.42 Å². The van der Waals surface area contributed by atoms with Gasteiger partial charge in [-0.1, -0.05) is 5.16 Å². The molecule has 1 aliphatic carbocycles. The molecule has 4 rings (SSSR count). The number of amides is 1. The van der Waals surface area contributed by atoms with Crippen LogP contribution in [0.5, 0.6) is 0 Å². The highest BCUT2D eigenvalue weighted by Crippen LogP contribution is 2.38. The molecule has 1 saturated carbocycles. The van der Waals surface area contributed by atoms with Crippen molar-refractivity contribution < 1.29 is 9.32 Å². The number of hydrogen-bond donors (Lipinski definition) is 0. The lowest BCUT2D eigenvalue weighted by Gasteiger charge is -2.32. The van der Waals surface area contributed by atoms with E-state index in [-0.39, 0.29) is 5.91 Å². The fraction of sp³-hybridized carbons (Fsp3) is 0.550. The molecular formula is C20H26N4O2. The molecule has 138 valence electrons. The fourth-order valence-corrected chi connectivity index (χ4v) is 3.61. The van der Waals surface area contributed by atoms with Crippen LogP contribution in [0.25, 0.3) is 0 Å². The van der Waals surface area contributed by atoms with E-state index < -0.39 is 0 Å².